The van der Waals surface area contributed by atoms with E-state index in [9.17, 15) is 9.59 Å². The molecular formula is C21H23N3O3S. The fourth-order valence-corrected chi connectivity index (χ4v) is 4.45. The van der Waals surface area contributed by atoms with E-state index in [4.69, 9.17) is 4.42 Å². The molecule has 7 heteroatoms. The van der Waals surface area contributed by atoms with Crippen LogP contribution in [0.25, 0.3) is 11.3 Å². The molecular weight excluding hydrogens is 374 g/mol. The fraction of sp³-hybridized carbons (Fsp3) is 0.381. The maximum atomic E-state index is 12.5. The molecule has 28 heavy (non-hydrogen) atoms. The average molecular weight is 398 g/mol. The highest BCUT2D eigenvalue weighted by Crippen LogP contribution is 2.26. The molecule has 0 saturated carbocycles. The lowest BCUT2D eigenvalue weighted by atomic mass is 10.0. The molecule has 1 saturated heterocycles. The van der Waals surface area contributed by atoms with Gasteiger partial charge in [0.25, 0.3) is 5.56 Å². The van der Waals surface area contributed by atoms with Crippen LogP contribution >= 0.6 is 11.3 Å². The van der Waals surface area contributed by atoms with Gasteiger partial charge in [0, 0.05) is 29.6 Å². The lowest BCUT2D eigenvalue weighted by Crippen LogP contribution is -2.41. The number of piperidine rings is 1. The first-order valence-electron chi connectivity index (χ1n) is 9.48. The summed E-state index contributed by atoms with van der Waals surface area (Å²) in [5.41, 5.74) is 1.55. The summed E-state index contributed by atoms with van der Waals surface area (Å²) in [6.07, 6.45) is 1.92. The molecule has 4 rings (SSSR count). The predicted molar refractivity (Wildman–Crippen MR) is 109 cm³/mol. The van der Waals surface area contributed by atoms with Crippen LogP contribution in [0.1, 0.15) is 35.3 Å². The molecule has 3 aromatic rings. The van der Waals surface area contributed by atoms with Crippen molar-refractivity contribution in [3.63, 3.8) is 0 Å². The Bertz CT molecular complexity index is 1030. The lowest BCUT2D eigenvalue weighted by molar-refractivity contribution is -0.131. The van der Waals surface area contributed by atoms with E-state index in [-0.39, 0.29) is 17.5 Å². The highest BCUT2D eigenvalue weighted by molar-refractivity contribution is 7.10. The van der Waals surface area contributed by atoms with Crippen molar-refractivity contribution < 1.29 is 9.21 Å². The highest BCUT2D eigenvalue weighted by atomic mass is 32.1. The van der Waals surface area contributed by atoms with Crippen LogP contribution < -0.4 is 5.56 Å². The zero-order valence-electron chi connectivity index (χ0n) is 16.1. The van der Waals surface area contributed by atoms with Crippen LogP contribution in [0.2, 0.25) is 0 Å². The third-order valence-electron chi connectivity index (χ3n) is 5.21. The van der Waals surface area contributed by atoms with Crippen molar-refractivity contribution in [1.82, 2.24) is 14.7 Å². The molecule has 1 aliphatic rings. The van der Waals surface area contributed by atoms with Gasteiger partial charge in [-0.05, 0) is 50.3 Å². The van der Waals surface area contributed by atoms with Crippen LogP contribution in [-0.2, 0) is 11.2 Å². The quantitative estimate of drug-likeness (QED) is 0.675. The van der Waals surface area contributed by atoms with Crippen LogP contribution in [0.3, 0.4) is 0 Å². The number of amides is 1. The smallest absolute Gasteiger partial charge is 0.267 e. The number of aryl methyl sites for hydroxylation is 2. The summed E-state index contributed by atoms with van der Waals surface area (Å²) >= 11 is 1.61. The van der Waals surface area contributed by atoms with E-state index >= 15 is 0 Å². The van der Waals surface area contributed by atoms with Gasteiger partial charge in [-0.25, -0.2) is 4.68 Å². The van der Waals surface area contributed by atoms with Crippen molar-refractivity contribution in [3.8, 4) is 11.3 Å². The van der Waals surface area contributed by atoms with Gasteiger partial charge in [-0.1, -0.05) is 6.07 Å². The Morgan fingerprint density at radius 3 is 2.68 bits per heavy atom. The maximum Gasteiger partial charge on any atom is 0.267 e. The van der Waals surface area contributed by atoms with E-state index in [0.717, 1.165) is 40.5 Å². The van der Waals surface area contributed by atoms with Crippen molar-refractivity contribution in [1.29, 1.82) is 0 Å². The Kier molecular flexibility index (Phi) is 5.17. The molecule has 146 valence electrons. The zero-order valence-corrected chi connectivity index (χ0v) is 16.9. The summed E-state index contributed by atoms with van der Waals surface area (Å²) in [5.74, 6) is 1.77. The van der Waals surface area contributed by atoms with Crippen molar-refractivity contribution in [2.24, 2.45) is 0 Å². The normalized spacial score (nSPS) is 15.1. The van der Waals surface area contributed by atoms with Gasteiger partial charge < -0.3 is 9.32 Å². The Hall–Kier alpha value is -2.67. The highest BCUT2D eigenvalue weighted by Gasteiger charge is 2.25. The summed E-state index contributed by atoms with van der Waals surface area (Å²) < 4.78 is 7.18. The number of hydrogen-bond acceptors (Lipinski definition) is 5. The molecule has 1 fully saturated rings. The van der Waals surface area contributed by atoms with E-state index in [0.29, 0.717) is 19.5 Å². The molecule has 0 aromatic carbocycles. The average Bonchev–Trinajstić information content (AvgIpc) is 3.31. The zero-order chi connectivity index (χ0) is 19.7. The minimum atomic E-state index is -0.106. The molecule has 0 N–H and O–H groups in total. The molecule has 0 spiro atoms. The monoisotopic (exact) mass is 397 g/mol. The van der Waals surface area contributed by atoms with Gasteiger partial charge in [0.2, 0.25) is 5.91 Å². The van der Waals surface area contributed by atoms with E-state index in [1.807, 2.05) is 42.3 Å². The first kappa shape index (κ1) is 18.7. The molecule has 1 aliphatic heterocycles. The van der Waals surface area contributed by atoms with Crippen LogP contribution in [0.15, 0.2) is 44.9 Å². The predicted octanol–water partition coefficient (Wildman–Crippen LogP) is 3.59. The SMILES string of the molecule is Cc1cc(-c2ccc(=O)n(C3CCN(C(=O)Cc4cccs4)CC3)n2)c(C)o1. The molecule has 0 bridgehead atoms. The van der Waals surface area contributed by atoms with E-state index < -0.39 is 0 Å². The number of thiophene rings is 1. The summed E-state index contributed by atoms with van der Waals surface area (Å²) in [6, 6.07) is 9.22. The van der Waals surface area contributed by atoms with E-state index in [2.05, 4.69) is 5.10 Å². The maximum absolute atomic E-state index is 12.5. The molecule has 0 aliphatic carbocycles. The molecule has 6 nitrogen and oxygen atoms in total. The molecule has 0 unspecified atom stereocenters. The summed E-state index contributed by atoms with van der Waals surface area (Å²) in [7, 11) is 0. The summed E-state index contributed by atoms with van der Waals surface area (Å²) in [4.78, 5) is 27.9. The van der Waals surface area contributed by atoms with Gasteiger partial charge in [-0.3, -0.25) is 9.59 Å². The lowest BCUT2D eigenvalue weighted by Gasteiger charge is -2.32. The molecule has 3 aromatic heterocycles. The van der Waals surface area contributed by atoms with Crippen LogP contribution in [0.5, 0.6) is 0 Å². The first-order valence-corrected chi connectivity index (χ1v) is 10.4. The number of likely N-dealkylation sites (tertiary alicyclic amines) is 1. The number of carbonyl (C=O) groups is 1. The van der Waals surface area contributed by atoms with Crippen LogP contribution in [-0.4, -0.2) is 33.7 Å². The van der Waals surface area contributed by atoms with Gasteiger partial charge in [0.1, 0.15) is 11.5 Å². The topological polar surface area (TPSA) is 68.3 Å². The third kappa shape index (κ3) is 3.80. The molecule has 4 heterocycles. The Morgan fingerprint density at radius 2 is 2.04 bits per heavy atom. The standard InChI is InChI=1S/C21H23N3O3S/c1-14-12-18(15(2)27-14)19-5-6-20(25)24(22-19)16-7-9-23(10-8-16)21(26)13-17-4-3-11-28-17/h3-6,11-12,16H,7-10,13H2,1-2H3. The van der Waals surface area contributed by atoms with Gasteiger partial charge >= 0.3 is 0 Å². The van der Waals surface area contributed by atoms with Gasteiger partial charge in [0.15, 0.2) is 0 Å². The van der Waals surface area contributed by atoms with E-state index in [1.54, 1.807) is 28.2 Å². The number of nitrogens with zero attached hydrogens (tertiary/aromatic N) is 3. The number of carbonyl (C=O) groups excluding carboxylic acids is 1. The number of rotatable bonds is 4. The van der Waals surface area contributed by atoms with Crippen LogP contribution in [0.4, 0.5) is 0 Å². The second kappa shape index (κ2) is 7.75. The fourth-order valence-electron chi connectivity index (χ4n) is 3.75. The van der Waals surface area contributed by atoms with Crippen molar-refractivity contribution in [2.45, 2.75) is 39.2 Å². The summed E-state index contributed by atoms with van der Waals surface area (Å²) in [5, 5.41) is 6.60. The second-order valence-corrected chi connectivity index (χ2v) is 8.23. The number of hydrogen-bond donors (Lipinski definition) is 0. The van der Waals surface area contributed by atoms with Gasteiger partial charge in [-0.15, -0.1) is 11.3 Å². The molecule has 1 amide bonds. The van der Waals surface area contributed by atoms with Gasteiger partial charge in [0.05, 0.1) is 18.2 Å². The largest absolute Gasteiger partial charge is 0.466 e. The second-order valence-electron chi connectivity index (χ2n) is 7.20. The molecule has 0 atom stereocenters. The first-order chi connectivity index (χ1) is 13.5. The minimum Gasteiger partial charge on any atom is -0.466 e. The van der Waals surface area contributed by atoms with Gasteiger partial charge in [-0.2, -0.15) is 5.10 Å². The Labute approximate surface area is 167 Å². The van der Waals surface area contributed by atoms with E-state index in [1.165, 1.54) is 0 Å². The van der Waals surface area contributed by atoms with Crippen molar-refractivity contribution in [3.05, 3.63) is 62.5 Å². The van der Waals surface area contributed by atoms with Crippen molar-refractivity contribution in [2.75, 3.05) is 13.1 Å². The third-order valence-corrected chi connectivity index (χ3v) is 6.09. The molecule has 0 radical (unpaired) electrons. The van der Waals surface area contributed by atoms with Crippen molar-refractivity contribution >= 4 is 17.2 Å². The summed E-state index contributed by atoms with van der Waals surface area (Å²) in [6.45, 7) is 5.10. The Morgan fingerprint density at radius 1 is 1.25 bits per heavy atom. The minimum absolute atomic E-state index is 0.00606. The Balaban J connectivity index is 1.47. The van der Waals surface area contributed by atoms with Crippen LogP contribution in [0, 0.1) is 13.8 Å². The number of furan rings is 1. The number of aromatic nitrogens is 2.